The summed E-state index contributed by atoms with van der Waals surface area (Å²) in [7, 11) is 0. The molecule has 0 aromatic carbocycles. The third-order valence-electron chi connectivity index (χ3n) is 3.79. The van der Waals surface area contributed by atoms with Crippen molar-refractivity contribution in [2.45, 2.75) is 24.8 Å². The predicted octanol–water partition coefficient (Wildman–Crippen LogP) is 2.58. The van der Waals surface area contributed by atoms with E-state index >= 15 is 0 Å². The van der Waals surface area contributed by atoms with E-state index < -0.39 is 23.3 Å². The van der Waals surface area contributed by atoms with Crippen LogP contribution in [-0.2, 0) is 15.7 Å². The zero-order chi connectivity index (χ0) is 15.1. The van der Waals surface area contributed by atoms with Crippen LogP contribution in [0.1, 0.15) is 18.4 Å². The number of nitrogens with zero attached hydrogens (tertiary/aromatic N) is 2. The number of alkyl halides is 3. The van der Waals surface area contributed by atoms with E-state index in [-0.39, 0.29) is 5.82 Å². The maximum Gasteiger partial charge on any atom is 0.417 e. The van der Waals surface area contributed by atoms with Crippen molar-refractivity contribution < 1.29 is 27.0 Å². The molecule has 2 aliphatic heterocycles. The number of halogens is 4. The number of anilines is 1. The smallest absolute Gasteiger partial charge is 0.354 e. The van der Waals surface area contributed by atoms with Crippen molar-refractivity contribution in [2.75, 3.05) is 31.2 Å². The molecule has 21 heavy (non-hydrogen) atoms. The Bertz CT molecular complexity index is 519. The molecule has 0 radical (unpaired) electrons. The molecule has 0 saturated carbocycles. The van der Waals surface area contributed by atoms with Crippen molar-refractivity contribution in [3.8, 4) is 0 Å². The Morgan fingerprint density at radius 2 is 1.76 bits per heavy atom. The SMILES string of the molecule is Fc1cc(C(F)(F)F)cnc1N1CCC2(CC1)OCCO2. The highest BCUT2D eigenvalue weighted by atomic mass is 19.4. The van der Waals surface area contributed by atoms with E-state index in [0.717, 1.165) is 0 Å². The van der Waals surface area contributed by atoms with E-state index in [1.165, 1.54) is 0 Å². The highest BCUT2D eigenvalue weighted by Gasteiger charge is 2.40. The lowest BCUT2D eigenvalue weighted by molar-refractivity contribution is -0.169. The van der Waals surface area contributed by atoms with Crippen LogP contribution < -0.4 is 4.90 Å². The van der Waals surface area contributed by atoms with Gasteiger partial charge in [0.25, 0.3) is 0 Å². The van der Waals surface area contributed by atoms with Gasteiger partial charge in [-0.15, -0.1) is 0 Å². The van der Waals surface area contributed by atoms with Crippen molar-refractivity contribution in [1.82, 2.24) is 4.98 Å². The van der Waals surface area contributed by atoms with Crippen LogP contribution in [0.5, 0.6) is 0 Å². The molecule has 0 amide bonds. The lowest BCUT2D eigenvalue weighted by Gasteiger charge is -2.38. The molecule has 0 unspecified atom stereocenters. The van der Waals surface area contributed by atoms with Crippen LogP contribution in [0.15, 0.2) is 12.3 Å². The van der Waals surface area contributed by atoms with Gasteiger partial charge in [-0.25, -0.2) is 9.37 Å². The van der Waals surface area contributed by atoms with Gasteiger partial charge < -0.3 is 14.4 Å². The van der Waals surface area contributed by atoms with E-state index in [0.29, 0.717) is 51.4 Å². The van der Waals surface area contributed by atoms with Crippen LogP contribution in [0.2, 0.25) is 0 Å². The van der Waals surface area contributed by atoms with E-state index in [2.05, 4.69) is 4.98 Å². The Morgan fingerprint density at radius 1 is 1.14 bits per heavy atom. The molecule has 3 heterocycles. The molecule has 2 saturated heterocycles. The molecule has 116 valence electrons. The molecular weight excluding hydrogens is 292 g/mol. The average Bonchev–Trinajstić information content (AvgIpc) is 2.87. The fourth-order valence-electron chi connectivity index (χ4n) is 2.66. The van der Waals surface area contributed by atoms with Crippen molar-refractivity contribution in [3.63, 3.8) is 0 Å². The summed E-state index contributed by atoms with van der Waals surface area (Å²) < 4.78 is 62.4. The maximum absolute atomic E-state index is 13.9. The molecule has 4 nitrogen and oxygen atoms in total. The molecule has 2 aliphatic rings. The second kappa shape index (κ2) is 5.10. The Morgan fingerprint density at radius 3 is 2.29 bits per heavy atom. The summed E-state index contributed by atoms with van der Waals surface area (Å²) in [5.41, 5.74) is -1.08. The van der Waals surface area contributed by atoms with Crippen LogP contribution in [0.25, 0.3) is 0 Å². The second-order valence-corrected chi connectivity index (χ2v) is 5.12. The molecule has 1 aromatic rings. The molecule has 0 N–H and O–H groups in total. The monoisotopic (exact) mass is 306 g/mol. The highest BCUT2D eigenvalue weighted by molar-refractivity contribution is 5.42. The van der Waals surface area contributed by atoms with Crippen molar-refractivity contribution in [3.05, 3.63) is 23.6 Å². The van der Waals surface area contributed by atoms with Crippen LogP contribution >= 0.6 is 0 Å². The normalized spacial score (nSPS) is 22.0. The van der Waals surface area contributed by atoms with Crippen molar-refractivity contribution in [1.29, 1.82) is 0 Å². The lowest BCUT2D eigenvalue weighted by atomic mass is 10.0. The first kappa shape index (κ1) is 14.5. The predicted molar refractivity (Wildman–Crippen MR) is 65.3 cm³/mol. The van der Waals surface area contributed by atoms with Gasteiger partial charge in [0.1, 0.15) is 0 Å². The molecule has 2 fully saturated rings. The van der Waals surface area contributed by atoms with Gasteiger partial charge in [0.15, 0.2) is 17.4 Å². The molecular formula is C13H14F4N2O2. The Hall–Kier alpha value is -1.41. The minimum Gasteiger partial charge on any atom is -0.354 e. The van der Waals surface area contributed by atoms with Gasteiger partial charge in [0.2, 0.25) is 0 Å². The topological polar surface area (TPSA) is 34.6 Å². The Labute approximate surface area is 118 Å². The van der Waals surface area contributed by atoms with Gasteiger partial charge in [-0.2, -0.15) is 13.2 Å². The van der Waals surface area contributed by atoms with E-state index in [1.54, 1.807) is 4.90 Å². The molecule has 0 bridgehead atoms. The molecule has 0 aliphatic carbocycles. The summed E-state index contributed by atoms with van der Waals surface area (Å²) in [4.78, 5) is 5.25. The third kappa shape index (κ3) is 2.82. The molecule has 1 aromatic heterocycles. The number of rotatable bonds is 1. The lowest BCUT2D eigenvalue weighted by Crippen LogP contribution is -2.45. The molecule has 0 atom stereocenters. The van der Waals surface area contributed by atoms with Gasteiger partial charge in [-0.1, -0.05) is 0 Å². The first-order chi connectivity index (χ1) is 9.90. The minimum absolute atomic E-state index is 0.0594. The molecule has 8 heteroatoms. The zero-order valence-corrected chi connectivity index (χ0v) is 11.1. The number of hydrogen-bond donors (Lipinski definition) is 0. The van der Waals surface area contributed by atoms with Crippen LogP contribution in [0, 0.1) is 5.82 Å². The highest BCUT2D eigenvalue weighted by Crippen LogP contribution is 2.35. The number of aromatic nitrogens is 1. The number of pyridine rings is 1. The maximum atomic E-state index is 13.9. The summed E-state index contributed by atoms with van der Waals surface area (Å²) in [5, 5.41) is 0. The number of piperidine rings is 1. The van der Waals surface area contributed by atoms with E-state index in [4.69, 9.17) is 9.47 Å². The van der Waals surface area contributed by atoms with Crippen LogP contribution in [0.3, 0.4) is 0 Å². The minimum atomic E-state index is -4.59. The number of hydrogen-bond acceptors (Lipinski definition) is 4. The summed E-state index contributed by atoms with van der Waals surface area (Å²) in [6.45, 7) is 1.92. The van der Waals surface area contributed by atoms with Crippen LogP contribution in [-0.4, -0.2) is 37.1 Å². The number of ether oxygens (including phenoxy) is 2. The average molecular weight is 306 g/mol. The van der Waals surface area contributed by atoms with Gasteiger partial charge >= 0.3 is 6.18 Å². The fourth-order valence-corrected chi connectivity index (χ4v) is 2.66. The first-order valence-corrected chi connectivity index (χ1v) is 6.65. The van der Waals surface area contributed by atoms with Gasteiger partial charge in [-0.05, 0) is 6.07 Å². The first-order valence-electron chi connectivity index (χ1n) is 6.65. The fraction of sp³-hybridized carbons (Fsp3) is 0.615. The summed E-state index contributed by atoms with van der Waals surface area (Å²) in [6, 6.07) is 0.481. The molecule has 3 rings (SSSR count). The summed E-state index contributed by atoms with van der Waals surface area (Å²) in [6.07, 6.45) is -2.86. The van der Waals surface area contributed by atoms with Gasteiger partial charge in [0.05, 0.1) is 18.8 Å². The Kier molecular flexibility index (Phi) is 3.53. The molecule has 1 spiro atoms. The quantitative estimate of drug-likeness (QED) is 0.747. The van der Waals surface area contributed by atoms with Crippen molar-refractivity contribution in [2.24, 2.45) is 0 Å². The van der Waals surface area contributed by atoms with E-state index in [9.17, 15) is 17.6 Å². The summed E-state index contributed by atoms with van der Waals surface area (Å²) in [5.74, 6) is -1.64. The Balaban J connectivity index is 1.73. The second-order valence-electron chi connectivity index (χ2n) is 5.12. The third-order valence-corrected chi connectivity index (χ3v) is 3.79. The largest absolute Gasteiger partial charge is 0.417 e. The van der Waals surface area contributed by atoms with Crippen LogP contribution in [0.4, 0.5) is 23.4 Å². The summed E-state index contributed by atoms with van der Waals surface area (Å²) >= 11 is 0. The zero-order valence-electron chi connectivity index (χ0n) is 11.1. The van der Waals surface area contributed by atoms with Gasteiger partial charge in [-0.3, -0.25) is 0 Å². The van der Waals surface area contributed by atoms with Gasteiger partial charge in [0, 0.05) is 32.1 Å². The van der Waals surface area contributed by atoms with Crippen molar-refractivity contribution >= 4 is 5.82 Å². The standard InChI is InChI=1S/C13H14F4N2O2/c14-10-7-9(13(15,16)17)8-18-11(10)19-3-1-12(2-4-19)20-5-6-21-12/h7-8H,1-6H2. The van der Waals surface area contributed by atoms with E-state index in [1.807, 2.05) is 0 Å².